The van der Waals surface area contributed by atoms with E-state index < -0.39 is 18.1 Å². The molecule has 0 bridgehead atoms. The van der Waals surface area contributed by atoms with Crippen LogP contribution in [0.5, 0.6) is 0 Å². The van der Waals surface area contributed by atoms with Gasteiger partial charge < -0.3 is 5.11 Å². The molecule has 8 heteroatoms. The van der Waals surface area contributed by atoms with Crippen LogP contribution in [0.15, 0.2) is 0 Å². The summed E-state index contributed by atoms with van der Waals surface area (Å²) in [6.45, 7) is 0. The number of hydrogen-bond donors (Lipinski definition) is 1. The van der Waals surface area contributed by atoms with Gasteiger partial charge in [0.15, 0.2) is 0 Å². The van der Waals surface area contributed by atoms with Gasteiger partial charge >= 0.3 is 18.1 Å². The number of halogens is 5. The fourth-order valence-electron chi connectivity index (χ4n) is 0.121. The molecule has 0 aliphatic rings. The summed E-state index contributed by atoms with van der Waals surface area (Å²) >= 11 is 0. The molecule has 0 fully saturated rings. The number of rotatable bonds is 1. The van der Waals surface area contributed by atoms with Gasteiger partial charge in [-0.2, -0.15) is 22.0 Å². The van der Waals surface area contributed by atoms with Crippen molar-refractivity contribution in [3.63, 3.8) is 0 Å². The summed E-state index contributed by atoms with van der Waals surface area (Å²) in [5, 5.41) is 7.31. The zero-order chi connectivity index (χ0) is 8.58. The van der Waals surface area contributed by atoms with Crippen molar-refractivity contribution in [3.8, 4) is 0 Å². The third kappa shape index (κ3) is 2.92. The minimum atomic E-state index is -6.02. The summed E-state index contributed by atoms with van der Waals surface area (Å²) in [4.78, 5) is 9.20. The maximum atomic E-state index is 11.3. The third-order valence-electron chi connectivity index (χ3n) is 0.625. The first-order chi connectivity index (χ1) is 4.19. The molecule has 0 aromatic heterocycles. The molecule has 1 N–H and O–H groups in total. The van der Waals surface area contributed by atoms with Gasteiger partial charge in [0.2, 0.25) is 0 Å². The van der Waals surface area contributed by atoms with Crippen LogP contribution in [0.3, 0.4) is 0 Å². The van der Waals surface area contributed by atoms with E-state index in [9.17, 15) is 26.7 Å². The van der Waals surface area contributed by atoms with Crippen molar-refractivity contribution in [1.82, 2.24) is 0 Å². The Labute approximate surface area is 79.7 Å². The second-order valence-corrected chi connectivity index (χ2v) is 1.38. The van der Waals surface area contributed by atoms with E-state index in [2.05, 4.69) is 0 Å². The van der Waals surface area contributed by atoms with E-state index >= 15 is 0 Å². The quantitative estimate of drug-likeness (QED) is 0.488. The first kappa shape index (κ1) is 13.7. The number of carbonyl (C=O) groups is 1. The van der Waals surface area contributed by atoms with Gasteiger partial charge in [-0.05, 0) is 0 Å². The second kappa shape index (κ2) is 3.68. The van der Waals surface area contributed by atoms with Crippen LogP contribution >= 0.6 is 0 Å². The summed E-state index contributed by atoms with van der Waals surface area (Å²) in [7, 11) is 0. The van der Waals surface area contributed by atoms with E-state index in [4.69, 9.17) is 5.11 Å². The van der Waals surface area contributed by atoms with Gasteiger partial charge in [0.25, 0.3) is 0 Å². The molecular weight excluding hydrogens is 186 g/mol. The Morgan fingerprint density at radius 3 is 1.36 bits per heavy atom. The Balaban J connectivity index is 0. The zero-order valence-corrected chi connectivity index (χ0v) is 7.25. The Morgan fingerprint density at radius 2 is 1.36 bits per heavy atom. The van der Waals surface area contributed by atoms with E-state index in [0.29, 0.717) is 0 Å². The van der Waals surface area contributed by atoms with Gasteiger partial charge in [-0.25, -0.2) is 4.79 Å². The van der Waals surface area contributed by atoms with Crippen LogP contribution in [0.1, 0.15) is 0 Å². The number of aliphatic carboxylic acids is 1. The molecule has 0 spiro atoms. The van der Waals surface area contributed by atoms with Crippen LogP contribution in [-0.4, -0.2) is 52.7 Å². The van der Waals surface area contributed by atoms with Crippen LogP contribution in [0.4, 0.5) is 22.0 Å². The van der Waals surface area contributed by atoms with Crippen molar-refractivity contribution in [1.29, 1.82) is 0 Å². The second-order valence-electron chi connectivity index (χ2n) is 1.38. The molecule has 2 nitrogen and oxygen atoms in total. The van der Waals surface area contributed by atoms with E-state index in [-0.39, 0.29) is 29.6 Å². The maximum absolute atomic E-state index is 11.3. The summed E-state index contributed by atoms with van der Waals surface area (Å²) in [6, 6.07) is 0. The topological polar surface area (TPSA) is 37.3 Å². The fraction of sp³-hybridized carbons (Fsp3) is 0.667. The average Bonchev–Trinajstić information content (AvgIpc) is 1.62. The third-order valence-corrected chi connectivity index (χ3v) is 0.625. The minimum absolute atomic E-state index is 0. The molecular formula is C3HF5NaO2. The van der Waals surface area contributed by atoms with E-state index in [0.717, 1.165) is 0 Å². The predicted octanol–water partition coefficient (Wildman–Crippen LogP) is 0.888. The first-order valence-electron chi connectivity index (χ1n) is 1.87. The maximum Gasteiger partial charge on any atom is 0.465 e. The Hall–Kier alpha value is 0.120. The number of carboxylic acids is 1. The Bertz CT molecular complexity index is 152. The molecule has 0 aromatic rings. The van der Waals surface area contributed by atoms with Crippen LogP contribution in [0.2, 0.25) is 0 Å². The summed E-state index contributed by atoms with van der Waals surface area (Å²) < 4.78 is 55.5. The average molecular weight is 187 g/mol. The smallest absolute Gasteiger partial charge is 0.465 e. The van der Waals surface area contributed by atoms with Crippen molar-refractivity contribution < 1.29 is 31.9 Å². The molecule has 1 radical (unpaired) electrons. The molecule has 61 valence electrons. The molecule has 0 rings (SSSR count). The van der Waals surface area contributed by atoms with E-state index in [1.54, 1.807) is 0 Å². The number of alkyl halides is 5. The van der Waals surface area contributed by atoms with Crippen molar-refractivity contribution in [3.05, 3.63) is 0 Å². The number of carboxylic acid groups (broad SMARTS) is 1. The summed E-state index contributed by atoms with van der Waals surface area (Å²) in [6.07, 6.45) is -6.02. The van der Waals surface area contributed by atoms with Gasteiger partial charge in [0.1, 0.15) is 0 Å². The van der Waals surface area contributed by atoms with Crippen LogP contribution in [0, 0.1) is 0 Å². The SMILES string of the molecule is O=C(O)C(F)(F)C(F)(F)F.[Na]. The fourth-order valence-corrected chi connectivity index (χ4v) is 0.121. The van der Waals surface area contributed by atoms with Crippen molar-refractivity contribution in [2.75, 3.05) is 0 Å². The van der Waals surface area contributed by atoms with Gasteiger partial charge in [-0.1, -0.05) is 0 Å². The van der Waals surface area contributed by atoms with Crippen molar-refractivity contribution >= 4 is 35.5 Å². The zero-order valence-electron chi connectivity index (χ0n) is 5.25. The molecule has 0 saturated heterocycles. The van der Waals surface area contributed by atoms with Crippen LogP contribution < -0.4 is 0 Å². The van der Waals surface area contributed by atoms with Gasteiger partial charge in [0, 0.05) is 29.6 Å². The van der Waals surface area contributed by atoms with E-state index in [1.165, 1.54) is 0 Å². The normalized spacial score (nSPS) is 12.1. The molecule has 0 unspecified atom stereocenters. The van der Waals surface area contributed by atoms with Crippen molar-refractivity contribution in [2.45, 2.75) is 12.1 Å². The Morgan fingerprint density at radius 1 is 1.09 bits per heavy atom. The molecule has 0 amide bonds. The molecule has 11 heavy (non-hydrogen) atoms. The van der Waals surface area contributed by atoms with Gasteiger partial charge in [-0.3, -0.25) is 0 Å². The van der Waals surface area contributed by atoms with Gasteiger partial charge in [0.05, 0.1) is 0 Å². The standard InChI is InChI=1S/C3HF5O2.Na/c4-2(5,1(9)10)3(6,7)8;/h(H,9,10);. The molecule has 0 aliphatic heterocycles. The van der Waals surface area contributed by atoms with E-state index in [1.807, 2.05) is 0 Å². The molecule has 0 saturated carbocycles. The Kier molecular flexibility index (Phi) is 4.58. The summed E-state index contributed by atoms with van der Waals surface area (Å²) in [5.74, 6) is -8.84. The van der Waals surface area contributed by atoms with Gasteiger partial charge in [-0.15, -0.1) is 0 Å². The monoisotopic (exact) mass is 187 g/mol. The number of hydrogen-bond acceptors (Lipinski definition) is 1. The minimum Gasteiger partial charge on any atom is -0.477 e. The summed E-state index contributed by atoms with van der Waals surface area (Å²) in [5.41, 5.74) is 0. The van der Waals surface area contributed by atoms with Crippen LogP contribution in [0.25, 0.3) is 0 Å². The molecule has 0 heterocycles. The molecule has 0 aliphatic carbocycles. The largest absolute Gasteiger partial charge is 0.477 e. The first-order valence-corrected chi connectivity index (χ1v) is 1.87. The van der Waals surface area contributed by atoms with Crippen LogP contribution in [-0.2, 0) is 4.79 Å². The molecule has 0 aromatic carbocycles. The predicted molar refractivity (Wildman–Crippen MR) is 24.4 cm³/mol. The van der Waals surface area contributed by atoms with Crippen molar-refractivity contribution in [2.24, 2.45) is 0 Å². The molecule has 0 atom stereocenters.